The molecule has 1 saturated carbocycles. The lowest BCUT2D eigenvalue weighted by Gasteiger charge is -2.33. The van der Waals surface area contributed by atoms with E-state index in [-0.39, 0.29) is 17.9 Å². The Kier molecular flexibility index (Phi) is 8.62. The maximum absolute atomic E-state index is 13.6. The summed E-state index contributed by atoms with van der Waals surface area (Å²) >= 11 is 0. The summed E-state index contributed by atoms with van der Waals surface area (Å²) < 4.78 is 6.31. The highest BCUT2D eigenvalue weighted by Gasteiger charge is 2.28. The van der Waals surface area contributed by atoms with E-state index >= 15 is 0 Å². The number of hydrogen-bond acceptors (Lipinski definition) is 3. The molecule has 1 atom stereocenters. The zero-order valence-corrected chi connectivity index (χ0v) is 20.5. The number of para-hydroxylation sites is 1. The van der Waals surface area contributed by atoms with Crippen LogP contribution in [0.2, 0.25) is 0 Å². The Balaban J connectivity index is 1.61. The minimum absolute atomic E-state index is 0.0105. The van der Waals surface area contributed by atoms with Crippen LogP contribution < -0.4 is 4.74 Å². The van der Waals surface area contributed by atoms with Crippen LogP contribution in [0.25, 0.3) is 0 Å². The van der Waals surface area contributed by atoms with E-state index in [1.165, 1.54) is 31.2 Å². The Bertz CT molecular complexity index is 939. The summed E-state index contributed by atoms with van der Waals surface area (Å²) in [7, 11) is 1.86. The molecule has 2 aromatic rings. The third-order valence-electron chi connectivity index (χ3n) is 7.30. The summed E-state index contributed by atoms with van der Waals surface area (Å²) in [5.41, 5.74) is 1.79. The predicted molar refractivity (Wildman–Crippen MR) is 135 cm³/mol. The van der Waals surface area contributed by atoms with Gasteiger partial charge in [-0.3, -0.25) is 9.59 Å². The minimum atomic E-state index is -0.0713. The first-order chi connectivity index (χ1) is 16.6. The van der Waals surface area contributed by atoms with Crippen molar-refractivity contribution < 1.29 is 14.3 Å². The standard InChI is InChI=1S/C29H38N2O3/c1-30-18-10-3-11-19-31(28(32)21-24-14-6-7-15-24)25(20-23-12-4-2-5-13-23)22-34-27-17-9-8-16-26(27)29(30)33/h2,4-5,8-9,12-13,16-17,24-25H,3,6-7,10-11,14-15,18-22H2,1H3/t25-/m0/s1. The summed E-state index contributed by atoms with van der Waals surface area (Å²) in [5.74, 6) is 1.36. The number of nitrogens with zero attached hydrogens (tertiary/aromatic N) is 2. The molecule has 5 nitrogen and oxygen atoms in total. The van der Waals surface area contributed by atoms with E-state index in [1.807, 2.05) is 49.5 Å². The molecule has 182 valence electrons. The van der Waals surface area contributed by atoms with Gasteiger partial charge in [0.25, 0.3) is 5.91 Å². The van der Waals surface area contributed by atoms with Crippen molar-refractivity contribution in [2.24, 2.45) is 5.92 Å². The number of carbonyl (C=O) groups excluding carboxylic acids is 2. The predicted octanol–water partition coefficient (Wildman–Crippen LogP) is 5.34. The van der Waals surface area contributed by atoms with E-state index in [2.05, 4.69) is 17.0 Å². The maximum Gasteiger partial charge on any atom is 0.257 e. The van der Waals surface area contributed by atoms with Gasteiger partial charge in [-0.05, 0) is 62.1 Å². The number of carbonyl (C=O) groups is 2. The first kappa shape index (κ1) is 24.3. The highest BCUT2D eigenvalue weighted by atomic mass is 16.5. The number of rotatable bonds is 4. The molecule has 0 unspecified atom stereocenters. The normalized spacial score (nSPS) is 20.6. The zero-order chi connectivity index (χ0) is 23.8. The van der Waals surface area contributed by atoms with Crippen LogP contribution in [0.15, 0.2) is 54.6 Å². The van der Waals surface area contributed by atoms with Crippen molar-refractivity contribution in [3.63, 3.8) is 0 Å². The van der Waals surface area contributed by atoms with Gasteiger partial charge in [-0.2, -0.15) is 0 Å². The van der Waals surface area contributed by atoms with Crippen LogP contribution in [0, 0.1) is 5.92 Å². The monoisotopic (exact) mass is 462 g/mol. The third kappa shape index (κ3) is 6.40. The summed E-state index contributed by atoms with van der Waals surface area (Å²) in [6.07, 6.45) is 9.07. The SMILES string of the molecule is CN1CCCCCN(C(=O)CC2CCCC2)[C@@H](Cc2ccccc2)COc2ccccc2C1=O. The molecule has 1 fully saturated rings. The van der Waals surface area contributed by atoms with Crippen LogP contribution in [0.3, 0.4) is 0 Å². The second kappa shape index (κ2) is 12.0. The Morgan fingerprint density at radius 1 is 0.912 bits per heavy atom. The Labute approximate surface area is 204 Å². The molecule has 2 aliphatic rings. The molecular weight excluding hydrogens is 424 g/mol. The van der Waals surface area contributed by atoms with Crippen molar-refractivity contribution in [1.29, 1.82) is 0 Å². The van der Waals surface area contributed by atoms with Gasteiger partial charge in [-0.1, -0.05) is 55.3 Å². The van der Waals surface area contributed by atoms with Crippen LogP contribution in [0.4, 0.5) is 0 Å². The average molecular weight is 463 g/mol. The fraction of sp³-hybridized carbons (Fsp3) is 0.517. The third-order valence-corrected chi connectivity index (χ3v) is 7.30. The van der Waals surface area contributed by atoms with Crippen LogP contribution in [0.5, 0.6) is 5.75 Å². The van der Waals surface area contributed by atoms with Gasteiger partial charge >= 0.3 is 0 Å². The van der Waals surface area contributed by atoms with Crippen molar-refractivity contribution in [3.8, 4) is 5.75 Å². The fourth-order valence-electron chi connectivity index (χ4n) is 5.31. The molecule has 4 rings (SSSR count). The molecule has 0 aromatic heterocycles. The lowest BCUT2D eigenvalue weighted by atomic mass is 10.00. The van der Waals surface area contributed by atoms with Crippen molar-refractivity contribution in [3.05, 3.63) is 65.7 Å². The van der Waals surface area contributed by atoms with Crippen LogP contribution in [-0.2, 0) is 11.2 Å². The van der Waals surface area contributed by atoms with Gasteiger partial charge in [0.2, 0.25) is 5.91 Å². The Morgan fingerprint density at radius 3 is 2.41 bits per heavy atom. The zero-order valence-electron chi connectivity index (χ0n) is 20.5. The number of hydrogen-bond donors (Lipinski definition) is 0. The molecule has 1 aliphatic heterocycles. The highest BCUT2D eigenvalue weighted by molar-refractivity contribution is 5.96. The maximum atomic E-state index is 13.6. The number of benzene rings is 2. The molecule has 0 spiro atoms. The van der Waals surface area contributed by atoms with Gasteiger partial charge < -0.3 is 14.5 Å². The van der Waals surface area contributed by atoms with Gasteiger partial charge in [0.05, 0.1) is 11.6 Å². The molecular formula is C29H38N2O3. The minimum Gasteiger partial charge on any atom is -0.491 e. The van der Waals surface area contributed by atoms with E-state index in [1.54, 1.807) is 4.90 Å². The second-order valence-corrected chi connectivity index (χ2v) is 9.88. The molecule has 34 heavy (non-hydrogen) atoms. The first-order valence-corrected chi connectivity index (χ1v) is 12.9. The molecule has 0 saturated heterocycles. The molecule has 0 radical (unpaired) electrons. The molecule has 0 bridgehead atoms. The quantitative estimate of drug-likeness (QED) is 0.616. The van der Waals surface area contributed by atoms with Crippen LogP contribution in [0.1, 0.15) is 67.3 Å². The smallest absolute Gasteiger partial charge is 0.257 e. The lowest BCUT2D eigenvalue weighted by Crippen LogP contribution is -2.46. The van der Waals surface area contributed by atoms with E-state index in [0.29, 0.717) is 36.8 Å². The van der Waals surface area contributed by atoms with Gasteiger partial charge in [0.15, 0.2) is 0 Å². The largest absolute Gasteiger partial charge is 0.491 e. The van der Waals surface area contributed by atoms with Crippen molar-refractivity contribution >= 4 is 11.8 Å². The number of fused-ring (bicyclic) bond motifs is 1. The Morgan fingerprint density at radius 2 is 1.62 bits per heavy atom. The van der Waals surface area contributed by atoms with Crippen molar-refractivity contribution in [1.82, 2.24) is 9.80 Å². The van der Waals surface area contributed by atoms with E-state index in [4.69, 9.17) is 4.74 Å². The molecule has 1 aliphatic carbocycles. The van der Waals surface area contributed by atoms with Gasteiger partial charge in [0, 0.05) is 26.6 Å². The van der Waals surface area contributed by atoms with Crippen molar-refractivity contribution in [2.75, 3.05) is 26.7 Å². The topological polar surface area (TPSA) is 49.9 Å². The van der Waals surface area contributed by atoms with Crippen LogP contribution in [-0.4, -0.2) is 54.4 Å². The summed E-state index contributed by atoms with van der Waals surface area (Å²) in [4.78, 5) is 30.5. The second-order valence-electron chi connectivity index (χ2n) is 9.88. The first-order valence-electron chi connectivity index (χ1n) is 12.9. The van der Waals surface area contributed by atoms with E-state index in [0.717, 1.165) is 32.2 Å². The highest BCUT2D eigenvalue weighted by Crippen LogP contribution is 2.29. The average Bonchev–Trinajstić information content (AvgIpc) is 3.37. The molecule has 1 heterocycles. The molecule has 5 heteroatoms. The summed E-state index contributed by atoms with van der Waals surface area (Å²) in [6, 6.07) is 17.8. The van der Waals surface area contributed by atoms with E-state index < -0.39 is 0 Å². The molecule has 0 N–H and O–H groups in total. The fourth-order valence-corrected chi connectivity index (χ4v) is 5.31. The van der Waals surface area contributed by atoms with E-state index in [9.17, 15) is 9.59 Å². The Hall–Kier alpha value is -2.82. The molecule has 2 aromatic carbocycles. The summed E-state index contributed by atoms with van der Waals surface area (Å²) in [6.45, 7) is 1.82. The lowest BCUT2D eigenvalue weighted by molar-refractivity contribution is -0.135. The number of ether oxygens (including phenoxy) is 1. The van der Waals surface area contributed by atoms with Gasteiger partial charge in [-0.25, -0.2) is 0 Å². The molecule has 2 amide bonds. The van der Waals surface area contributed by atoms with Gasteiger partial charge in [-0.15, -0.1) is 0 Å². The number of amides is 2. The summed E-state index contributed by atoms with van der Waals surface area (Å²) in [5, 5.41) is 0. The van der Waals surface area contributed by atoms with Crippen molar-refractivity contribution in [2.45, 2.75) is 63.8 Å². The van der Waals surface area contributed by atoms with Gasteiger partial charge in [0.1, 0.15) is 12.4 Å². The van der Waals surface area contributed by atoms with Crippen LogP contribution >= 0.6 is 0 Å².